The van der Waals surface area contributed by atoms with Gasteiger partial charge in [0.15, 0.2) is 5.69 Å². The maximum Gasteiger partial charge on any atom is 0.159 e. The van der Waals surface area contributed by atoms with E-state index in [9.17, 15) is 0 Å². The second-order valence-corrected chi connectivity index (χ2v) is 1.97. The fourth-order valence-electron chi connectivity index (χ4n) is 0.796. The molecule has 10 heavy (non-hydrogen) atoms. The minimum absolute atomic E-state index is 0.558. The first-order valence-electron chi connectivity index (χ1n) is 2.92. The molecule has 0 N–H and O–H groups in total. The summed E-state index contributed by atoms with van der Waals surface area (Å²) in [4.78, 5) is 4.85. The van der Waals surface area contributed by atoms with Crippen LogP contribution in [0.2, 0.25) is 0 Å². The third-order valence-electron chi connectivity index (χ3n) is 1.36. The van der Waals surface area contributed by atoms with Crippen molar-refractivity contribution < 1.29 is 4.84 Å². The molecule has 0 unspecified atom stereocenters. The lowest BCUT2D eigenvalue weighted by Crippen LogP contribution is -2.06. The quantitative estimate of drug-likeness (QED) is 0.570. The summed E-state index contributed by atoms with van der Waals surface area (Å²) in [6, 6.07) is 3.87. The molecule has 1 heterocycles. The Balaban J connectivity index is 3.17. The molecule has 0 aliphatic heterocycles. The number of aromatic nitrogens is 1. The molecular weight excluding hydrogens is 128 g/mol. The molecule has 0 saturated carbocycles. The minimum atomic E-state index is 0.558. The van der Waals surface area contributed by atoms with Crippen LogP contribution in [0.15, 0.2) is 12.3 Å². The van der Waals surface area contributed by atoms with Crippen LogP contribution in [-0.4, -0.2) is 11.8 Å². The number of hydrogen-bond donors (Lipinski definition) is 0. The molecule has 0 aromatic carbocycles. The Morgan fingerprint density at radius 3 is 2.80 bits per heavy atom. The van der Waals surface area contributed by atoms with E-state index in [-0.39, 0.29) is 0 Å². The SMILES string of the molecule is COn1ccc(C)c1C#N. The van der Waals surface area contributed by atoms with Gasteiger partial charge in [-0.25, -0.2) is 0 Å². The van der Waals surface area contributed by atoms with Crippen LogP contribution >= 0.6 is 0 Å². The Labute approximate surface area is 59.4 Å². The fourth-order valence-corrected chi connectivity index (χ4v) is 0.796. The van der Waals surface area contributed by atoms with Gasteiger partial charge in [0.05, 0.1) is 0 Å². The highest BCUT2D eigenvalue weighted by Crippen LogP contribution is 2.05. The molecule has 3 nitrogen and oxygen atoms in total. The summed E-state index contributed by atoms with van der Waals surface area (Å²) in [6.45, 7) is 1.87. The monoisotopic (exact) mass is 136 g/mol. The van der Waals surface area contributed by atoms with E-state index in [1.54, 1.807) is 6.20 Å². The van der Waals surface area contributed by atoms with E-state index in [4.69, 9.17) is 10.1 Å². The zero-order valence-corrected chi connectivity index (χ0v) is 5.96. The minimum Gasteiger partial charge on any atom is -0.416 e. The van der Waals surface area contributed by atoms with Gasteiger partial charge in [0.25, 0.3) is 0 Å². The number of hydrogen-bond acceptors (Lipinski definition) is 2. The van der Waals surface area contributed by atoms with Gasteiger partial charge < -0.3 is 4.84 Å². The average Bonchev–Trinajstić information content (AvgIpc) is 2.30. The van der Waals surface area contributed by atoms with Crippen LogP contribution in [0.5, 0.6) is 0 Å². The second-order valence-electron chi connectivity index (χ2n) is 1.97. The van der Waals surface area contributed by atoms with Crippen LogP contribution in [0, 0.1) is 18.3 Å². The van der Waals surface area contributed by atoms with E-state index >= 15 is 0 Å². The van der Waals surface area contributed by atoms with E-state index in [0.29, 0.717) is 5.69 Å². The molecule has 0 aliphatic rings. The molecule has 1 rings (SSSR count). The lowest BCUT2D eigenvalue weighted by Gasteiger charge is -1.99. The van der Waals surface area contributed by atoms with Crippen LogP contribution in [0.4, 0.5) is 0 Å². The Kier molecular flexibility index (Phi) is 1.63. The smallest absolute Gasteiger partial charge is 0.159 e. The third kappa shape index (κ3) is 0.841. The molecule has 1 aromatic rings. The molecular formula is C7H8N2O. The van der Waals surface area contributed by atoms with Crippen LogP contribution in [0.3, 0.4) is 0 Å². The van der Waals surface area contributed by atoms with E-state index in [1.165, 1.54) is 11.8 Å². The van der Waals surface area contributed by atoms with Crippen molar-refractivity contribution in [3.63, 3.8) is 0 Å². The van der Waals surface area contributed by atoms with Gasteiger partial charge in [-0.05, 0) is 18.6 Å². The summed E-state index contributed by atoms with van der Waals surface area (Å²) in [5.41, 5.74) is 1.49. The van der Waals surface area contributed by atoms with Crippen LogP contribution in [-0.2, 0) is 0 Å². The van der Waals surface area contributed by atoms with Crippen molar-refractivity contribution in [1.82, 2.24) is 4.73 Å². The topological polar surface area (TPSA) is 38.0 Å². The summed E-state index contributed by atoms with van der Waals surface area (Å²) >= 11 is 0. The van der Waals surface area contributed by atoms with Crippen molar-refractivity contribution in [2.45, 2.75) is 6.92 Å². The lowest BCUT2D eigenvalue weighted by molar-refractivity contribution is 0.165. The van der Waals surface area contributed by atoms with Crippen molar-refractivity contribution in [2.24, 2.45) is 0 Å². The normalized spacial score (nSPS) is 8.90. The van der Waals surface area contributed by atoms with Crippen molar-refractivity contribution >= 4 is 0 Å². The van der Waals surface area contributed by atoms with Gasteiger partial charge in [-0.3, -0.25) is 0 Å². The van der Waals surface area contributed by atoms with Gasteiger partial charge in [-0.15, -0.1) is 0 Å². The maximum absolute atomic E-state index is 8.57. The van der Waals surface area contributed by atoms with Crippen molar-refractivity contribution in [3.05, 3.63) is 23.5 Å². The fraction of sp³-hybridized carbons (Fsp3) is 0.286. The summed E-state index contributed by atoms with van der Waals surface area (Å²) < 4.78 is 1.44. The van der Waals surface area contributed by atoms with Gasteiger partial charge in [0.1, 0.15) is 13.2 Å². The summed E-state index contributed by atoms with van der Waals surface area (Å²) in [5, 5.41) is 8.57. The third-order valence-corrected chi connectivity index (χ3v) is 1.36. The van der Waals surface area contributed by atoms with Gasteiger partial charge >= 0.3 is 0 Å². The average molecular weight is 136 g/mol. The molecule has 0 aliphatic carbocycles. The van der Waals surface area contributed by atoms with Crippen LogP contribution in [0.1, 0.15) is 11.3 Å². The molecule has 0 bridgehead atoms. The Morgan fingerprint density at radius 1 is 1.70 bits per heavy atom. The van der Waals surface area contributed by atoms with E-state index in [0.717, 1.165) is 5.56 Å². The highest BCUT2D eigenvalue weighted by molar-refractivity contribution is 5.30. The number of rotatable bonds is 1. The molecule has 3 heteroatoms. The van der Waals surface area contributed by atoms with E-state index < -0.39 is 0 Å². The molecule has 0 atom stereocenters. The summed E-state index contributed by atoms with van der Waals surface area (Å²) in [7, 11) is 1.53. The predicted molar refractivity (Wildman–Crippen MR) is 36.4 cm³/mol. The summed E-state index contributed by atoms with van der Waals surface area (Å²) in [5.74, 6) is 0. The molecule has 0 amide bonds. The molecule has 52 valence electrons. The highest BCUT2D eigenvalue weighted by Gasteiger charge is 2.02. The Morgan fingerprint density at radius 2 is 2.40 bits per heavy atom. The summed E-state index contributed by atoms with van der Waals surface area (Å²) in [6.07, 6.45) is 1.72. The highest BCUT2D eigenvalue weighted by atomic mass is 16.6. The molecule has 0 saturated heterocycles. The van der Waals surface area contributed by atoms with Crippen molar-refractivity contribution in [1.29, 1.82) is 5.26 Å². The largest absolute Gasteiger partial charge is 0.416 e. The van der Waals surface area contributed by atoms with Gasteiger partial charge in [0, 0.05) is 6.20 Å². The van der Waals surface area contributed by atoms with Crippen molar-refractivity contribution in [3.8, 4) is 6.07 Å². The predicted octanol–water partition coefficient (Wildman–Crippen LogP) is 0.727. The van der Waals surface area contributed by atoms with E-state index in [1.807, 2.05) is 19.1 Å². The number of nitrogens with zero attached hydrogens (tertiary/aromatic N) is 2. The molecule has 0 radical (unpaired) electrons. The van der Waals surface area contributed by atoms with Crippen LogP contribution < -0.4 is 4.84 Å². The Hall–Kier alpha value is -1.43. The van der Waals surface area contributed by atoms with Gasteiger partial charge in [-0.2, -0.15) is 9.99 Å². The van der Waals surface area contributed by atoms with Gasteiger partial charge in [-0.1, -0.05) is 0 Å². The number of aryl methyl sites for hydroxylation is 1. The second kappa shape index (κ2) is 2.44. The first-order chi connectivity index (χ1) is 4.79. The zero-order chi connectivity index (χ0) is 7.56. The molecule has 0 spiro atoms. The standard InChI is InChI=1S/C7H8N2O/c1-6-3-4-9(10-2)7(6)5-8/h3-4H,1-2H3. The maximum atomic E-state index is 8.57. The molecule has 1 aromatic heterocycles. The number of nitriles is 1. The lowest BCUT2D eigenvalue weighted by atomic mass is 10.3. The molecule has 0 fully saturated rings. The van der Waals surface area contributed by atoms with Gasteiger partial charge in [0.2, 0.25) is 0 Å². The first-order valence-corrected chi connectivity index (χ1v) is 2.92. The van der Waals surface area contributed by atoms with Crippen LogP contribution in [0.25, 0.3) is 0 Å². The van der Waals surface area contributed by atoms with Crippen molar-refractivity contribution in [2.75, 3.05) is 7.11 Å². The van der Waals surface area contributed by atoms with E-state index in [2.05, 4.69) is 0 Å². The first kappa shape index (κ1) is 6.69. The Bertz CT molecular complexity index is 270. The zero-order valence-electron chi connectivity index (χ0n) is 5.96.